The Kier molecular flexibility index (Phi) is 3.51. The molecule has 0 saturated carbocycles. The molecule has 0 bridgehead atoms. The Morgan fingerprint density at radius 2 is 1.21 bits per heavy atom. The second kappa shape index (κ2) is 4.96. The van der Waals surface area contributed by atoms with Crippen molar-refractivity contribution in [2.24, 2.45) is 0 Å². The molecule has 0 heterocycles. The summed E-state index contributed by atoms with van der Waals surface area (Å²) in [5.41, 5.74) is 3.12. The van der Waals surface area contributed by atoms with Crippen molar-refractivity contribution in [3.8, 4) is 0 Å². The molecular formula is C15H14F3N. The lowest BCUT2D eigenvalue weighted by atomic mass is 10.0. The average Bonchev–Trinajstić information content (AvgIpc) is 2.25. The van der Waals surface area contributed by atoms with Gasteiger partial charge in [-0.05, 0) is 31.9 Å². The summed E-state index contributed by atoms with van der Waals surface area (Å²) in [4.78, 5) is 0. The lowest BCUT2D eigenvalue weighted by Crippen LogP contribution is -2.02. The molecule has 100 valence electrons. The van der Waals surface area contributed by atoms with E-state index in [0.29, 0.717) is 17.8 Å². The van der Waals surface area contributed by atoms with Crippen molar-refractivity contribution in [2.75, 3.05) is 5.32 Å². The van der Waals surface area contributed by atoms with Gasteiger partial charge in [-0.15, -0.1) is 0 Å². The first-order valence-electron chi connectivity index (χ1n) is 5.88. The van der Waals surface area contributed by atoms with Crippen LogP contribution in [-0.2, 0) is 0 Å². The Morgan fingerprint density at radius 1 is 0.737 bits per heavy atom. The first-order valence-corrected chi connectivity index (χ1v) is 5.88. The van der Waals surface area contributed by atoms with Crippen LogP contribution in [0.5, 0.6) is 0 Å². The standard InChI is InChI=1S/C15H14F3N/c1-8-4-9(2)14(10(3)5-8)19-15-12(17)6-11(16)7-13(15)18/h4-7,19H,1-3H3. The van der Waals surface area contributed by atoms with Gasteiger partial charge in [-0.25, -0.2) is 13.2 Å². The van der Waals surface area contributed by atoms with Crippen molar-refractivity contribution >= 4 is 11.4 Å². The highest BCUT2D eigenvalue weighted by molar-refractivity contribution is 5.68. The number of hydrogen-bond donors (Lipinski definition) is 1. The Balaban J connectivity index is 2.48. The second-order valence-corrected chi connectivity index (χ2v) is 4.64. The molecule has 2 rings (SSSR count). The Morgan fingerprint density at radius 3 is 1.68 bits per heavy atom. The van der Waals surface area contributed by atoms with Crippen molar-refractivity contribution in [1.29, 1.82) is 0 Å². The van der Waals surface area contributed by atoms with E-state index < -0.39 is 17.5 Å². The summed E-state index contributed by atoms with van der Waals surface area (Å²) in [5, 5.41) is 2.71. The van der Waals surface area contributed by atoms with Gasteiger partial charge in [0, 0.05) is 17.8 Å². The minimum Gasteiger partial charge on any atom is -0.350 e. The van der Waals surface area contributed by atoms with Crippen molar-refractivity contribution in [1.82, 2.24) is 0 Å². The molecule has 0 aliphatic carbocycles. The quantitative estimate of drug-likeness (QED) is 0.824. The van der Waals surface area contributed by atoms with Crippen LogP contribution in [0.3, 0.4) is 0 Å². The molecular weight excluding hydrogens is 251 g/mol. The van der Waals surface area contributed by atoms with E-state index in [4.69, 9.17) is 0 Å². The zero-order valence-electron chi connectivity index (χ0n) is 10.9. The fourth-order valence-electron chi connectivity index (χ4n) is 2.16. The highest BCUT2D eigenvalue weighted by Gasteiger charge is 2.13. The van der Waals surface area contributed by atoms with Crippen molar-refractivity contribution in [3.05, 3.63) is 58.4 Å². The van der Waals surface area contributed by atoms with E-state index in [-0.39, 0.29) is 5.69 Å². The molecule has 4 heteroatoms. The van der Waals surface area contributed by atoms with E-state index in [2.05, 4.69) is 5.32 Å². The van der Waals surface area contributed by atoms with Crippen LogP contribution < -0.4 is 5.32 Å². The summed E-state index contributed by atoms with van der Waals surface area (Å²) in [5.74, 6) is -2.83. The van der Waals surface area contributed by atoms with Gasteiger partial charge in [0.25, 0.3) is 0 Å². The van der Waals surface area contributed by atoms with E-state index in [1.807, 2.05) is 32.9 Å². The maximum Gasteiger partial charge on any atom is 0.152 e. The Bertz CT molecular complexity index is 534. The third-order valence-corrected chi connectivity index (χ3v) is 2.93. The number of hydrogen-bond acceptors (Lipinski definition) is 1. The molecule has 19 heavy (non-hydrogen) atoms. The molecule has 0 unspecified atom stereocenters. The molecule has 0 aromatic heterocycles. The van der Waals surface area contributed by atoms with E-state index in [9.17, 15) is 13.2 Å². The number of nitrogens with one attached hydrogen (secondary N) is 1. The number of aryl methyl sites for hydroxylation is 3. The molecule has 0 amide bonds. The van der Waals surface area contributed by atoms with Crippen molar-refractivity contribution in [2.45, 2.75) is 20.8 Å². The molecule has 1 nitrogen and oxygen atoms in total. The minimum absolute atomic E-state index is 0.337. The molecule has 2 aromatic rings. The number of anilines is 2. The predicted molar refractivity (Wildman–Crippen MR) is 70.3 cm³/mol. The van der Waals surface area contributed by atoms with E-state index in [0.717, 1.165) is 16.7 Å². The summed E-state index contributed by atoms with van der Waals surface area (Å²) >= 11 is 0. The van der Waals surface area contributed by atoms with Gasteiger partial charge in [0.05, 0.1) is 0 Å². The largest absolute Gasteiger partial charge is 0.350 e. The molecule has 0 atom stereocenters. The normalized spacial score (nSPS) is 10.6. The Hall–Kier alpha value is -1.97. The summed E-state index contributed by atoms with van der Waals surface area (Å²) in [7, 11) is 0. The van der Waals surface area contributed by atoms with E-state index in [1.165, 1.54) is 0 Å². The van der Waals surface area contributed by atoms with Crippen LogP contribution in [0.15, 0.2) is 24.3 Å². The third-order valence-electron chi connectivity index (χ3n) is 2.93. The molecule has 0 radical (unpaired) electrons. The molecule has 0 saturated heterocycles. The van der Waals surface area contributed by atoms with Crippen LogP contribution in [-0.4, -0.2) is 0 Å². The molecule has 0 fully saturated rings. The fourth-order valence-corrected chi connectivity index (χ4v) is 2.16. The van der Waals surface area contributed by atoms with E-state index >= 15 is 0 Å². The second-order valence-electron chi connectivity index (χ2n) is 4.64. The van der Waals surface area contributed by atoms with Crippen LogP contribution >= 0.6 is 0 Å². The predicted octanol–water partition coefficient (Wildman–Crippen LogP) is 4.77. The summed E-state index contributed by atoms with van der Waals surface area (Å²) in [6, 6.07) is 5.14. The third kappa shape index (κ3) is 2.72. The van der Waals surface area contributed by atoms with Crippen LogP contribution in [0.4, 0.5) is 24.5 Å². The number of halogens is 3. The van der Waals surface area contributed by atoms with Gasteiger partial charge in [-0.2, -0.15) is 0 Å². The molecule has 1 N–H and O–H groups in total. The SMILES string of the molecule is Cc1cc(C)c(Nc2c(F)cc(F)cc2F)c(C)c1. The molecule has 0 aliphatic heterocycles. The number of rotatable bonds is 2. The zero-order valence-corrected chi connectivity index (χ0v) is 10.9. The van der Waals surface area contributed by atoms with E-state index in [1.54, 1.807) is 0 Å². The highest BCUT2D eigenvalue weighted by atomic mass is 19.1. The van der Waals surface area contributed by atoms with Crippen molar-refractivity contribution < 1.29 is 13.2 Å². The van der Waals surface area contributed by atoms with Gasteiger partial charge in [0.15, 0.2) is 11.6 Å². The van der Waals surface area contributed by atoms with Gasteiger partial charge in [0.1, 0.15) is 11.5 Å². The van der Waals surface area contributed by atoms with Crippen LogP contribution in [0.25, 0.3) is 0 Å². The lowest BCUT2D eigenvalue weighted by Gasteiger charge is -2.15. The number of benzene rings is 2. The average molecular weight is 265 g/mol. The maximum absolute atomic E-state index is 13.6. The van der Waals surface area contributed by atoms with Gasteiger partial charge in [0.2, 0.25) is 0 Å². The summed E-state index contributed by atoms with van der Waals surface area (Å²) in [6.07, 6.45) is 0. The van der Waals surface area contributed by atoms with Crippen LogP contribution in [0.1, 0.15) is 16.7 Å². The van der Waals surface area contributed by atoms with Gasteiger partial charge in [-0.1, -0.05) is 17.7 Å². The lowest BCUT2D eigenvalue weighted by molar-refractivity contribution is 0.549. The topological polar surface area (TPSA) is 12.0 Å². The summed E-state index contributed by atoms with van der Waals surface area (Å²) in [6.45, 7) is 5.65. The van der Waals surface area contributed by atoms with Crippen LogP contribution in [0, 0.1) is 38.2 Å². The highest BCUT2D eigenvalue weighted by Crippen LogP contribution is 2.29. The van der Waals surface area contributed by atoms with Crippen molar-refractivity contribution in [3.63, 3.8) is 0 Å². The smallest absolute Gasteiger partial charge is 0.152 e. The van der Waals surface area contributed by atoms with Gasteiger partial charge >= 0.3 is 0 Å². The molecule has 0 spiro atoms. The molecule has 2 aromatic carbocycles. The minimum atomic E-state index is -0.947. The first kappa shape index (κ1) is 13.5. The Labute approximate surface area is 110 Å². The zero-order chi connectivity index (χ0) is 14.2. The summed E-state index contributed by atoms with van der Waals surface area (Å²) < 4.78 is 40.0. The van der Waals surface area contributed by atoms with Crippen LogP contribution in [0.2, 0.25) is 0 Å². The first-order chi connectivity index (χ1) is 8.88. The fraction of sp³-hybridized carbons (Fsp3) is 0.200. The monoisotopic (exact) mass is 265 g/mol. The molecule has 0 aliphatic rings. The van der Waals surface area contributed by atoms with Gasteiger partial charge in [-0.3, -0.25) is 0 Å². The maximum atomic E-state index is 13.6. The van der Waals surface area contributed by atoms with Gasteiger partial charge < -0.3 is 5.32 Å².